The molecular weight excluding hydrogens is 517 g/mol. The van der Waals surface area contributed by atoms with Gasteiger partial charge in [0.1, 0.15) is 5.82 Å². The molecule has 39 heavy (non-hydrogen) atoms. The van der Waals surface area contributed by atoms with E-state index in [1.54, 1.807) is 30.3 Å². The summed E-state index contributed by atoms with van der Waals surface area (Å²) in [4.78, 5) is 16.2. The molecule has 5 rings (SSSR count). The Hall–Kier alpha value is -3.53. The van der Waals surface area contributed by atoms with Crippen LogP contribution in [0, 0.1) is 11.7 Å². The van der Waals surface area contributed by atoms with Gasteiger partial charge in [-0.1, -0.05) is 42.5 Å². The van der Waals surface area contributed by atoms with Crippen molar-refractivity contribution < 1.29 is 22.7 Å². The Bertz CT molecular complexity index is 1580. The highest BCUT2D eigenvalue weighted by Crippen LogP contribution is 2.30. The second-order valence-corrected chi connectivity index (χ2v) is 11.9. The number of carbonyl (C=O) groups is 1. The van der Waals surface area contributed by atoms with E-state index in [-0.39, 0.29) is 41.2 Å². The van der Waals surface area contributed by atoms with Crippen molar-refractivity contribution in [1.82, 2.24) is 15.0 Å². The average molecular weight is 550 g/mol. The molecule has 1 amide bonds. The third kappa shape index (κ3) is 6.06. The quantitative estimate of drug-likeness (QED) is 0.243. The molecule has 1 aliphatic rings. The number of amides is 1. The van der Waals surface area contributed by atoms with Crippen LogP contribution in [0.2, 0.25) is 0 Å². The van der Waals surface area contributed by atoms with E-state index in [0.29, 0.717) is 31.2 Å². The number of hydrogen-bond acceptors (Lipinski definition) is 4. The van der Waals surface area contributed by atoms with Crippen molar-refractivity contribution in [2.45, 2.75) is 56.2 Å². The summed E-state index contributed by atoms with van der Waals surface area (Å²) in [6, 6.07) is 20.0. The van der Waals surface area contributed by atoms with Crippen LogP contribution in [0.3, 0.4) is 0 Å². The molecule has 4 N–H and O–H groups in total. The standard InChI is InChI=1S/C30H32FN3O4S/c1-19(20-6-11-24(31)12-7-20)32-30(36)21-8-13-25(14-9-21)34-39(37,38)26-15-10-22-16-29(33-28(22)17-26)27-5-3-2-4-23(27)18-35/h2-7,10-12,15-17,19,21,25,33-35H,8-9,13-14,18H2,1H3,(H,32,36)/t19-,21-,25-/m1/s1. The number of aromatic nitrogens is 1. The molecule has 1 aromatic heterocycles. The van der Waals surface area contributed by atoms with E-state index in [4.69, 9.17) is 0 Å². The zero-order chi connectivity index (χ0) is 27.6. The number of halogens is 1. The van der Waals surface area contributed by atoms with Crippen LogP contribution in [0.25, 0.3) is 22.2 Å². The number of benzene rings is 3. The second kappa shape index (κ2) is 11.3. The summed E-state index contributed by atoms with van der Waals surface area (Å²) in [6.07, 6.45) is 2.29. The van der Waals surface area contributed by atoms with E-state index >= 15 is 0 Å². The number of H-pyrrole nitrogens is 1. The van der Waals surface area contributed by atoms with Gasteiger partial charge < -0.3 is 15.4 Å². The highest BCUT2D eigenvalue weighted by atomic mass is 32.2. The van der Waals surface area contributed by atoms with Gasteiger partial charge in [-0.15, -0.1) is 0 Å². The van der Waals surface area contributed by atoms with E-state index < -0.39 is 10.0 Å². The van der Waals surface area contributed by atoms with Crippen molar-refractivity contribution in [3.8, 4) is 11.3 Å². The molecule has 1 aliphatic carbocycles. The van der Waals surface area contributed by atoms with Crippen molar-refractivity contribution in [1.29, 1.82) is 0 Å². The van der Waals surface area contributed by atoms with Gasteiger partial charge in [0.2, 0.25) is 15.9 Å². The molecule has 7 nitrogen and oxygen atoms in total. The number of nitrogens with one attached hydrogen (secondary N) is 3. The first-order chi connectivity index (χ1) is 18.7. The number of carbonyl (C=O) groups excluding carboxylic acids is 1. The zero-order valence-electron chi connectivity index (χ0n) is 21.7. The number of aliphatic hydroxyl groups is 1. The molecular formula is C30H32FN3O4S. The lowest BCUT2D eigenvalue weighted by atomic mass is 9.85. The van der Waals surface area contributed by atoms with Crippen LogP contribution in [0.4, 0.5) is 4.39 Å². The molecule has 1 atom stereocenters. The van der Waals surface area contributed by atoms with Crippen LogP contribution in [0.15, 0.2) is 77.7 Å². The largest absolute Gasteiger partial charge is 0.392 e. The third-order valence-electron chi connectivity index (χ3n) is 7.53. The summed E-state index contributed by atoms with van der Waals surface area (Å²) < 4.78 is 42.4. The summed E-state index contributed by atoms with van der Waals surface area (Å²) in [6.45, 7) is 1.77. The molecule has 0 radical (unpaired) electrons. The van der Waals surface area contributed by atoms with Gasteiger partial charge in [0.25, 0.3) is 0 Å². The molecule has 0 spiro atoms. The maximum absolute atomic E-state index is 13.2. The fourth-order valence-electron chi connectivity index (χ4n) is 5.27. The number of fused-ring (bicyclic) bond motifs is 1. The Kier molecular flexibility index (Phi) is 7.83. The molecule has 1 heterocycles. The number of sulfonamides is 1. The van der Waals surface area contributed by atoms with Gasteiger partial charge in [-0.25, -0.2) is 17.5 Å². The molecule has 0 unspecified atom stereocenters. The van der Waals surface area contributed by atoms with Gasteiger partial charge in [0, 0.05) is 34.1 Å². The Balaban J connectivity index is 1.21. The Morgan fingerprint density at radius 3 is 2.46 bits per heavy atom. The number of aromatic amines is 1. The highest BCUT2D eigenvalue weighted by Gasteiger charge is 2.30. The molecule has 0 aliphatic heterocycles. The summed E-state index contributed by atoms with van der Waals surface area (Å²) in [7, 11) is -3.76. The second-order valence-electron chi connectivity index (χ2n) is 10.2. The monoisotopic (exact) mass is 549 g/mol. The van der Waals surface area contributed by atoms with Crippen LogP contribution in [-0.4, -0.2) is 30.5 Å². The molecule has 9 heteroatoms. The van der Waals surface area contributed by atoms with Crippen LogP contribution in [-0.2, 0) is 21.4 Å². The van der Waals surface area contributed by atoms with Gasteiger partial charge in [-0.05, 0) is 74.1 Å². The van der Waals surface area contributed by atoms with Crippen molar-refractivity contribution in [3.63, 3.8) is 0 Å². The lowest BCUT2D eigenvalue weighted by molar-refractivity contribution is -0.126. The Morgan fingerprint density at radius 2 is 1.74 bits per heavy atom. The van der Waals surface area contributed by atoms with Crippen LogP contribution >= 0.6 is 0 Å². The number of hydrogen-bond donors (Lipinski definition) is 4. The minimum Gasteiger partial charge on any atom is -0.392 e. The molecule has 0 bridgehead atoms. The van der Waals surface area contributed by atoms with Crippen molar-refractivity contribution in [3.05, 3.63) is 89.7 Å². The summed E-state index contributed by atoms with van der Waals surface area (Å²) in [5.74, 6) is -0.576. The first kappa shape index (κ1) is 27.1. The summed E-state index contributed by atoms with van der Waals surface area (Å²) >= 11 is 0. The highest BCUT2D eigenvalue weighted by molar-refractivity contribution is 7.89. The number of rotatable bonds is 8. The molecule has 204 valence electrons. The minimum atomic E-state index is -3.76. The van der Waals surface area contributed by atoms with E-state index in [9.17, 15) is 22.7 Å². The first-order valence-electron chi connectivity index (χ1n) is 13.1. The predicted octanol–water partition coefficient (Wildman–Crippen LogP) is 5.18. The van der Waals surface area contributed by atoms with E-state index in [1.807, 2.05) is 37.3 Å². The van der Waals surface area contributed by atoms with Crippen molar-refractivity contribution >= 4 is 26.8 Å². The maximum atomic E-state index is 13.2. The first-order valence-corrected chi connectivity index (χ1v) is 14.6. The average Bonchev–Trinajstić information content (AvgIpc) is 3.37. The van der Waals surface area contributed by atoms with Gasteiger partial charge in [0.15, 0.2) is 0 Å². The van der Waals surface area contributed by atoms with Crippen molar-refractivity contribution in [2.75, 3.05) is 0 Å². The smallest absolute Gasteiger partial charge is 0.240 e. The van der Waals surface area contributed by atoms with Crippen LogP contribution in [0.1, 0.15) is 49.8 Å². The van der Waals surface area contributed by atoms with Gasteiger partial charge in [-0.2, -0.15) is 0 Å². The molecule has 3 aromatic carbocycles. The van der Waals surface area contributed by atoms with E-state index in [1.165, 1.54) is 12.1 Å². The topological polar surface area (TPSA) is 111 Å². The van der Waals surface area contributed by atoms with Crippen LogP contribution < -0.4 is 10.0 Å². The van der Waals surface area contributed by atoms with Crippen LogP contribution in [0.5, 0.6) is 0 Å². The normalized spacial score (nSPS) is 18.6. The Morgan fingerprint density at radius 1 is 1.03 bits per heavy atom. The fourth-order valence-corrected chi connectivity index (χ4v) is 6.60. The molecule has 1 saturated carbocycles. The SMILES string of the molecule is C[C@@H](NC(=O)[C@H]1CC[C@H](NS(=O)(=O)c2ccc3cc(-c4ccccc4CO)[nH]c3c2)CC1)c1ccc(F)cc1. The minimum absolute atomic E-state index is 0.0658. The van der Waals surface area contributed by atoms with E-state index in [0.717, 1.165) is 27.8 Å². The molecule has 0 saturated heterocycles. The molecule has 1 fully saturated rings. The summed E-state index contributed by atoms with van der Waals surface area (Å²) in [5, 5.41) is 13.5. The van der Waals surface area contributed by atoms with Crippen molar-refractivity contribution in [2.24, 2.45) is 5.92 Å². The van der Waals surface area contributed by atoms with E-state index in [2.05, 4.69) is 15.0 Å². The lowest BCUT2D eigenvalue weighted by Crippen LogP contribution is -2.41. The third-order valence-corrected chi connectivity index (χ3v) is 9.05. The Labute approximate surface area is 227 Å². The molecule has 4 aromatic rings. The lowest BCUT2D eigenvalue weighted by Gasteiger charge is -2.29. The summed E-state index contributed by atoms with van der Waals surface area (Å²) in [5.41, 5.74) is 3.98. The van der Waals surface area contributed by atoms with Gasteiger partial charge in [-0.3, -0.25) is 4.79 Å². The zero-order valence-corrected chi connectivity index (χ0v) is 22.5. The van der Waals surface area contributed by atoms with Gasteiger partial charge >= 0.3 is 0 Å². The predicted molar refractivity (Wildman–Crippen MR) is 149 cm³/mol. The number of aliphatic hydroxyl groups excluding tert-OH is 1. The fraction of sp³-hybridized carbons (Fsp3) is 0.300. The van der Waals surface area contributed by atoms with Gasteiger partial charge in [0.05, 0.1) is 17.5 Å². The maximum Gasteiger partial charge on any atom is 0.240 e.